The molecule has 6 heteroatoms. The third-order valence-corrected chi connectivity index (χ3v) is 1.95. The molecular formula is C5H13NNaO2S2. The molecule has 0 spiro atoms. The van der Waals surface area contributed by atoms with E-state index in [0.29, 0.717) is 6.04 Å². The van der Waals surface area contributed by atoms with E-state index in [9.17, 15) is 0 Å². The summed E-state index contributed by atoms with van der Waals surface area (Å²) in [5.74, 6) is 0. The van der Waals surface area contributed by atoms with Gasteiger partial charge in [0.15, 0.2) is 0 Å². The second-order valence-electron chi connectivity index (χ2n) is 1.99. The molecule has 1 fully saturated rings. The molecule has 1 aliphatic rings. The fraction of sp³-hybridized carbons (Fsp3) is 0.800. The zero-order valence-corrected chi connectivity index (χ0v) is 10.3. The van der Waals surface area contributed by atoms with E-state index < -0.39 is 0 Å². The molecule has 1 heterocycles. The van der Waals surface area contributed by atoms with Gasteiger partial charge in [0.05, 0.1) is 4.20 Å². The molecule has 0 aromatic rings. The molecule has 1 aliphatic heterocycles. The molecule has 0 aliphatic carbocycles. The van der Waals surface area contributed by atoms with Crippen LogP contribution in [0.25, 0.3) is 0 Å². The molecule has 1 rings (SSSR count). The first-order chi connectivity index (χ1) is 3.80. The fourth-order valence-electron chi connectivity index (χ4n) is 0.895. The second-order valence-corrected chi connectivity index (χ2v) is 3.21. The Labute approximate surface area is 99.6 Å². The van der Waals surface area contributed by atoms with E-state index in [1.54, 1.807) is 0 Å². The molecule has 0 bridgehead atoms. The van der Waals surface area contributed by atoms with Crippen molar-refractivity contribution in [3.05, 3.63) is 0 Å². The first-order valence-electron chi connectivity index (χ1n) is 2.77. The minimum absolute atomic E-state index is 0. The molecule has 1 unspecified atom stereocenters. The Kier molecular flexibility index (Phi) is 15.5. The Morgan fingerprint density at radius 2 is 2.00 bits per heavy atom. The van der Waals surface area contributed by atoms with E-state index >= 15 is 0 Å². The van der Waals surface area contributed by atoms with E-state index in [1.165, 1.54) is 12.8 Å². The normalized spacial score (nSPS) is 20.6. The minimum Gasteiger partial charge on any atom is -0.412 e. The van der Waals surface area contributed by atoms with Crippen LogP contribution in [-0.2, 0) is 0 Å². The minimum atomic E-state index is 0. The fourth-order valence-corrected chi connectivity index (χ4v) is 1.32. The van der Waals surface area contributed by atoms with Crippen molar-refractivity contribution in [2.75, 3.05) is 6.54 Å². The number of nitrogens with one attached hydrogen (secondary N) is 1. The van der Waals surface area contributed by atoms with Crippen LogP contribution in [0.15, 0.2) is 0 Å². The van der Waals surface area contributed by atoms with E-state index in [-0.39, 0.29) is 40.5 Å². The quantitative estimate of drug-likeness (QED) is 0.327. The van der Waals surface area contributed by atoms with Crippen molar-refractivity contribution >= 4 is 58.6 Å². The molecule has 5 N–H and O–H groups in total. The van der Waals surface area contributed by atoms with Crippen LogP contribution in [0, 0.1) is 0 Å². The molecule has 1 atom stereocenters. The summed E-state index contributed by atoms with van der Waals surface area (Å²) in [5, 5.41) is 3.24. The standard InChI is InChI=1S/C5H9NS2.Na.2H2O/c7-5(8)4-2-1-3-6-4;;;/h4,6H,1-3H2,(H,7,8);;2*1H2. The number of hydrogen-bond acceptors (Lipinski definition) is 2. The zero-order valence-electron chi connectivity index (χ0n) is 6.55. The average molecular weight is 206 g/mol. The third kappa shape index (κ3) is 6.48. The first kappa shape index (κ1) is 18.2. The molecule has 11 heavy (non-hydrogen) atoms. The van der Waals surface area contributed by atoms with E-state index in [2.05, 4.69) is 17.9 Å². The van der Waals surface area contributed by atoms with Gasteiger partial charge in [-0.15, -0.1) is 12.6 Å². The maximum Gasteiger partial charge on any atom is 0.0618 e. The van der Waals surface area contributed by atoms with Crippen LogP contribution in [-0.4, -0.2) is 57.3 Å². The monoisotopic (exact) mass is 206 g/mol. The van der Waals surface area contributed by atoms with E-state index in [1.807, 2.05) is 0 Å². The van der Waals surface area contributed by atoms with Gasteiger partial charge in [-0.05, 0) is 19.4 Å². The van der Waals surface area contributed by atoms with Gasteiger partial charge in [-0.1, -0.05) is 12.2 Å². The summed E-state index contributed by atoms with van der Waals surface area (Å²) in [6, 6.07) is 0.410. The van der Waals surface area contributed by atoms with Gasteiger partial charge in [-0.25, -0.2) is 0 Å². The molecular weight excluding hydrogens is 193 g/mol. The SMILES string of the molecule is O.O.S=C(S)C1CCCN1.[Na]. The van der Waals surface area contributed by atoms with Gasteiger partial charge in [0.25, 0.3) is 0 Å². The molecule has 1 saturated heterocycles. The Morgan fingerprint density at radius 1 is 1.45 bits per heavy atom. The van der Waals surface area contributed by atoms with Crippen LogP contribution in [0.2, 0.25) is 0 Å². The van der Waals surface area contributed by atoms with Gasteiger partial charge in [0.2, 0.25) is 0 Å². The van der Waals surface area contributed by atoms with Crippen LogP contribution >= 0.6 is 24.8 Å². The van der Waals surface area contributed by atoms with Crippen LogP contribution in [0.4, 0.5) is 0 Å². The molecule has 0 amide bonds. The van der Waals surface area contributed by atoms with Crippen LogP contribution in [0.5, 0.6) is 0 Å². The van der Waals surface area contributed by atoms with Crippen LogP contribution < -0.4 is 5.32 Å². The van der Waals surface area contributed by atoms with Gasteiger partial charge < -0.3 is 16.3 Å². The van der Waals surface area contributed by atoms with Crippen molar-refractivity contribution in [3.8, 4) is 0 Å². The number of rotatable bonds is 1. The Balaban J connectivity index is -0.000000213. The van der Waals surface area contributed by atoms with Gasteiger partial charge in [0.1, 0.15) is 0 Å². The van der Waals surface area contributed by atoms with Crippen LogP contribution in [0.1, 0.15) is 12.8 Å². The number of thiol groups is 1. The van der Waals surface area contributed by atoms with Crippen LogP contribution in [0.3, 0.4) is 0 Å². The average Bonchev–Trinajstić information content (AvgIpc) is 2.12. The van der Waals surface area contributed by atoms with Gasteiger partial charge in [-0.3, -0.25) is 0 Å². The molecule has 1 radical (unpaired) electrons. The summed E-state index contributed by atoms with van der Waals surface area (Å²) >= 11 is 8.92. The van der Waals surface area contributed by atoms with Crippen molar-refractivity contribution in [2.24, 2.45) is 0 Å². The molecule has 0 aromatic heterocycles. The maximum atomic E-state index is 4.86. The number of thiocarbonyl (C=S) groups is 1. The maximum absolute atomic E-state index is 4.86. The summed E-state index contributed by atoms with van der Waals surface area (Å²) in [4.78, 5) is 0. The Hall–Kier alpha value is 1.32. The number of hydrogen-bond donors (Lipinski definition) is 2. The Morgan fingerprint density at radius 3 is 2.18 bits per heavy atom. The Bertz CT molecular complexity index is 109. The molecule has 0 aromatic carbocycles. The molecule has 0 saturated carbocycles. The van der Waals surface area contributed by atoms with Gasteiger partial charge in [-0.2, -0.15) is 0 Å². The van der Waals surface area contributed by atoms with Gasteiger partial charge >= 0.3 is 0 Å². The smallest absolute Gasteiger partial charge is 0.0618 e. The zero-order chi connectivity index (χ0) is 5.98. The topological polar surface area (TPSA) is 75.0 Å². The molecule has 3 nitrogen and oxygen atoms in total. The summed E-state index contributed by atoms with van der Waals surface area (Å²) < 4.78 is 0.808. The summed E-state index contributed by atoms with van der Waals surface area (Å²) in [6.07, 6.45) is 2.41. The summed E-state index contributed by atoms with van der Waals surface area (Å²) in [6.45, 7) is 1.10. The van der Waals surface area contributed by atoms with E-state index in [4.69, 9.17) is 12.2 Å². The van der Waals surface area contributed by atoms with Gasteiger partial charge in [0, 0.05) is 35.6 Å². The van der Waals surface area contributed by atoms with E-state index in [0.717, 1.165) is 10.7 Å². The van der Waals surface area contributed by atoms with Crippen molar-refractivity contribution in [1.82, 2.24) is 5.32 Å². The van der Waals surface area contributed by atoms with Crippen molar-refractivity contribution in [1.29, 1.82) is 0 Å². The predicted molar refractivity (Wildman–Crippen MR) is 55.6 cm³/mol. The molecule has 63 valence electrons. The third-order valence-electron chi connectivity index (χ3n) is 1.36. The summed E-state index contributed by atoms with van der Waals surface area (Å²) in [7, 11) is 0. The van der Waals surface area contributed by atoms with Crippen molar-refractivity contribution < 1.29 is 11.0 Å². The van der Waals surface area contributed by atoms with Crippen molar-refractivity contribution in [2.45, 2.75) is 18.9 Å². The van der Waals surface area contributed by atoms with Crippen molar-refractivity contribution in [3.63, 3.8) is 0 Å². The summed E-state index contributed by atoms with van der Waals surface area (Å²) in [5.41, 5.74) is 0. The first-order valence-corrected chi connectivity index (χ1v) is 3.62. The largest absolute Gasteiger partial charge is 0.412 e. The predicted octanol–water partition coefficient (Wildman–Crippen LogP) is -1.03. The second kappa shape index (κ2) is 9.41.